The second-order valence-corrected chi connectivity index (χ2v) is 7.69. The van der Waals surface area contributed by atoms with E-state index >= 15 is 0 Å². The summed E-state index contributed by atoms with van der Waals surface area (Å²) in [5, 5.41) is 2.63. The largest absolute Gasteiger partial charge is 0.491 e. The molecule has 0 atom stereocenters. The molecule has 1 amide bonds. The highest BCUT2D eigenvalue weighted by Crippen LogP contribution is 2.22. The van der Waals surface area contributed by atoms with Crippen molar-refractivity contribution in [1.82, 2.24) is 5.32 Å². The Bertz CT molecular complexity index is 783. The summed E-state index contributed by atoms with van der Waals surface area (Å²) in [6.45, 7) is 3.69. The van der Waals surface area contributed by atoms with Gasteiger partial charge >= 0.3 is 0 Å². The average Bonchev–Trinajstić information content (AvgIpc) is 3.03. The van der Waals surface area contributed by atoms with Crippen molar-refractivity contribution in [3.8, 4) is 5.75 Å². The zero-order chi connectivity index (χ0) is 18.4. The molecule has 0 radical (unpaired) electrons. The van der Waals surface area contributed by atoms with Crippen molar-refractivity contribution in [2.24, 2.45) is 0 Å². The zero-order valence-corrected chi connectivity index (χ0v) is 15.2. The quantitative estimate of drug-likeness (QED) is 0.773. The van der Waals surface area contributed by atoms with Crippen molar-refractivity contribution >= 4 is 21.6 Å². The Hall–Kier alpha value is -2.48. The Morgan fingerprint density at radius 3 is 2.44 bits per heavy atom. The van der Waals surface area contributed by atoms with Gasteiger partial charge in [0.1, 0.15) is 18.1 Å². The maximum Gasteiger partial charge on any atom is 0.241 e. The van der Waals surface area contributed by atoms with Gasteiger partial charge in [-0.15, -0.1) is 0 Å². The lowest BCUT2D eigenvalue weighted by atomic mass is 10.3. The van der Waals surface area contributed by atoms with Crippen molar-refractivity contribution in [3.63, 3.8) is 0 Å². The first kappa shape index (κ1) is 18.9. The second-order valence-electron chi connectivity index (χ2n) is 5.79. The highest BCUT2D eigenvalue weighted by atomic mass is 32.2. The van der Waals surface area contributed by atoms with Crippen LogP contribution in [0.2, 0.25) is 0 Å². The molecule has 0 saturated heterocycles. The molecule has 1 N–H and O–H groups in total. The molecule has 1 aromatic heterocycles. The number of sulfonamides is 1. The van der Waals surface area contributed by atoms with Crippen LogP contribution in [0, 0.1) is 0 Å². The van der Waals surface area contributed by atoms with E-state index in [0.717, 1.165) is 10.6 Å². The van der Waals surface area contributed by atoms with Crippen molar-refractivity contribution in [2.45, 2.75) is 26.5 Å². The predicted molar refractivity (Wildman–Crippen MR) is 95.0 cm³/mol. The van der Waals surface area contributed by atoms with E-state index in [9.17, 15) is 13.2 Å². The topological polar surface area (TPSA) is 88.8 Å². The molecule has 2 rings (SSSR count). The molecule has 25 heavy (non-hydrogen) atoms. The van der Waals surface area contributed by atoms with Crippen LogP contribution < -0.4 is 14.4 Å². The first-order valence-corrected chi connectivity index (χ1v) is 9.64. The summed E-state index contributed by atoms with van der Waals surface area (Å²) in [7, 11) is -3.61. The summed E-state index contributed by atoms with van der Waals surface area (Å²) in [6, 6.07) is 10.0. The van der Waals surface area contributed by atoms with Gasteiger partial charge in [-0.05, 0) is 50.2 Å². The molecule has 0 unspecified atom stereocenters. The van der Waals surface area contributed by atoms with Gasteiger partial charge in [0.25, 0.3) is 0 Å². The molecule has 0 spiro atoms. The van der Waals surface area contributed by atoms with Gasteiger partial charge in [0, 0.05) is 0 Å². The fourth-order valence-corrected chi connectivity index (χ4v) is 3.00. The molecule has 0 bridgehead atoms. The number of amides is 1. The lowest BCUT2D eigenvalue weighted by Gasteiger charge is -2.22. The molecule has 1 aromatic carbocycles. The van der Waals surface area contributed by atoms with Crippen LogP contribution in [0.1, 0.15) is 19.6 Å². The number of nitrogens with one attached hydrogen (secondary N) is 1. The number of ether oxygens (including phenoxy) is 1. The van der Waals surface area contributed by atoms with E-state index in [2.05, 4.69) is 5.32 Å². The van der Waals surface area contributed by atoms with Gasteiger partial charge in [-0.2, -0.15) is 0 Å². The van der Waals surface area contributed by atoms with Crippen molar-refractivity contribution in [3.05, 3.63) is 48.4 Å². The Balaban J connectivity index is 2.07. The van der Waals surface area contributed by atoms with Crippen LogP contribution in [-0.2, 0) is 21.4 Å². The normalized spacial score (nSPS) is 11.4. The van der Waals surface area contributed by atoms with E-state index in [1.54, 1.807) is 36.4 Å². The van der Waals surface area contributed by atoms with E-state index in [1.165, 1.54) is 6.26 Å². The highest BCUT2D eigenvalue weighted by molar-refractivity contribution is 7.92. The molecule has 8 heteroatoms. The smallest absolute Gasteiger partial charge is 0.241 e. The Morgan fingerprint density at radius 2 is 1.92 bits per heavy atom. The van der Waals surface area contributed by atoms with Crippen LogP contribution in [-0.4, -0.2) is 33.2 Å². The average molecular weight is 366 g/mol. The number of hydrogen-bond acceptors (Lipinski definition) is 5. The van der Waals surface area contributed by atoms with Crippen molar-refractivity contribution in [2.75, 3.05) is 17.1 Å². The molecule has 136 valence electrons. The predicted octanol–water partition coefficient (Wildman–Crippen LogP) is 2.15. The summed E-state index contributed by atoms with van der Waals surface area (Å²) >= 11 is 0. The fourth-order valence-electron chi connectivity index (χ4n) is 2.15. The van der Waals surface area contributed by atoms with Crippen molar-refractivity contribution < 1.29 is 22.4 Å². The molecule has 0 aliphatic rings. The third-order valence-electron chi connectivity index (χ3n) is 3.22. The number of rotatable bonds is 8. The monoisotopic (exact) mass is 366 g/mol. The van der Waals surface area contributed by atoms with Crippen LogP contribution >= 0.6 is 0 Å². The number of hydrogen-bond donors (Lipinski definition) is 1. The lowest BCUT2D eigenvalue weighted by molar-refractivity contribution is -0.119. The summed E-state index contributed by atoms with van der Waals surface area (Å²) in [4.78, 5) is 12.1. The number of carbonyl (C=O) groups excluding carboxylic acids is 1. The lowest BCUT2D eigenvalue weighted by Crippen LogP contribution is -2.40. The summed E-state index contributed by atoms with van der Waals surface area (Å²) in [6.07, 6.45) is 2.58. The van der Waals surface area contributed by atoms with E-state index in [-0.39, 0.29) is 19.2 Å². The van der Waals surface area contributed by atoms with Crippen LogP contribution in [0.5, 0.6) is 5.75 Å². The maximum absolute atomic E-state index is 12.1. The van der Waals surface area contributed by atoms with Crippen LogP contribution in [0.4, 0.5) is 5.69 Å². The molecular weight excluding hydrogens is 344 g/mol. The molecule has 7 nitrogen and oxygen atoms in total. The Kier molecular flexibility index (Phi) is 6.08. The number of nitrogens with zero attached hydrogens (tertiary/aromatic N) is 1. The van der Waals surface area contributed by atoms with Crippen LogP contribution in [0.3, 0.4) is 0 Å². The first-order chi connectivity index (χ1) is 11.8. The van der Waals surface area contributed by atoms with E-state index in [4.69, 9.17) is 9.15 Å². The number of benzene rings is 1. The Morgan fingerprint density at radius 1 is 1.24 bits per heavy atom. The van der Waals surface area contributed by atoms with Gasteiger partial charge in [-0.3, -0.25) is 9.10 Å². The van der Waals surface area contributed by atoms with Gasteiger partial charge in [0.2, 0.25) is 15.9 Å². The molecule has 2 aromatic rings. The highest BCUT2D eigenvalue weighted by Gasteiger charge is 2.21. The van der Waals surface area contributed by atoms with Crippen molar-refractivity contribution in [1.29, 1.82) is 0 Å². The minimum absolute atomic E-state index is 0.0178. The first-order valence-electron chi connectivity index (χ1n) is 7.79. The summed E-state index contributed by atoms with van der Waals surface area (Å²) in [5.41, 5.74) is 0.395. The number of carbonyl (C=O) groups is 1. The maximum atomic E-state index is 12.1. The SMILES string of the molecule is CC(C)Oc1ccc(N(CC(=O)NCc2ccco2)S(C)(=O)=O)cc1. The van der Waals surface area contributed by atoms with Gasteiger partial charge < -0.3 is 14.5 Å². The minimum Gasteiger partial charge on any atom is -0.491 e. The van der Waals surface area contributed by atoms with Crippen LogP contribution in [0.25, 0.3) is 0 Å². The molecule has 0 saturated carbocycles. The molecule has 1 heterocycles. The van der Waals surface area contributed by atoms with E-state index in [0.29, 0.717) is 17.2 Å². The zero-order valence-electron chi connectivity index (χ0n) is 14.4. The Labute approximate surface area is 147 Å². The van der Waals surface area contributed by atoms with E-state index < -0.39 is 15.9 Å². The number of anilines is 1. The molecule has 0 aliphatic carbocycles. The van der Waals surface area contributed by atoms with Gasteiger partial charge in [0.15, 0.2) is 0 Å². The fraction of sp³-hybridized carbons (Fsp3) is 0.353. The molecular formula is C17H22N2O5S. The van der Waals surface area contributed by atoms with E-state index in [1.807, 2.05) is 13.8 Å². The van der Waals surface area contributed by atoms with Crippen LogP contribution in [0.15, 0.2) is 47.1 Å². The summed E-state index contributed by atoms with van der Waals surface area (Å²) in [5.74, 6) is 0.799. The second kappa shape index (κ2) is 8.06. The summed E-state index contributed by atoms with van der Waals surface area (Å²) < 4.78 is 35.8. The number of furan rings is 1. The van der Waals surface area contributed by atoms with Gasteiger partial charge in [0.05, 0.1) is 30.9 Å². The van der Waals surface area contributed by atoms with Gasteiger partial charge in [-0.25, -0.2) is 8.42 Å². The van der Waals surface area contributed by atoms with Gasteiger partial charge in [-0.1, -0.05) is 0 Å². The standard InChI is InChI=1S/C17H22N2O5S/c1-13(2)24-15-8-6-14(7-9-15)19(25(3,21)22)12-17(20)18-11-16-5-4-10-23-16/h4-10,13H,11-12H2,1-3H3,(H,18,20). The molecule has 0 aliphatic heterocycles. The third-order valence-corrected chi connectivity index (χ3v) is 4.36. The molecule has 0 fully saturated rings. The third kappa shape index (κ3) is 5.82. The minimum atomic E-state index is -3.61.